The fourth-order valence-corrected chi connectivity index (χ4v) is 3.86. The second kappa shape index (κ2) is 7.95. The molecule has 1 unspecified atom stereocenters. The molecule has 2 aliphatic rings. The smallest absolute Gasteiger partial charge is 0.413 e. The quantitative estimate of drug-likeness (QED) is 0.791. The van der Waals surface area contributed by atoms with Crippen LogP contribution < -0.4 is 11.1 Å². The van der Waals surface area contributed by atoms with Gasteiger partial charge in [0.15, 0.2) is 5.60 Å². The van der Waals surface area contributed by atoms with Crippen LogP contribution in [0.1, 0.15) is 17.5 Å². The van der Waals surface area contributed by atoms with Crippen molar-refractivity contribution in [2.24, 2.45) is 5.73 Å². The van der Waals surface area contributed by atoms with Gasteiger partial charge in [-0.05, 0) is 18.1 Å². The number of hydrogen-bond acceptors (Lipinski definition) is 5. The number of aromatic nitrogens is 1. The van der Waals surface area contributed by atoms with E-state index in [1.807, 2.05) is 30.3 Å². The van der Waals surface area contributed by atoms with Crippen molar-refractivity contribution in [3.05, 3.63) is 58.7 Å². The van der Waals surface area contributed by atoms with Gasteiger partial charge in [0.2, 0.25) is 5.91 Å². The van der Waals surface area contributed by atoms with E-state index in [0.29, 0.717) is 35.8 Å². The first-order valence-electron chi connectivity index (χ1n) is 8.71. The van der Waals surface area contributed by atoms with Gasteiger partial charge in [-0.3, -0.25) is 10.1 Å². The Morgan fingerprint density at radius 2 is 2.14 bits per heavy atom. The fourth-order valence-electron chi connectivity index (χ4n) is 3.70. The van der Waals surface area contributed by atoms with Gasteiger partial charge in [-0.1, -0.05) is 41.9 Å². The molecule has 1 saturated heterocycles. The molecule has 1 aromatic carbocycles. The third kappa shape index (κ3) is 3.78. The minimum absolute atomic E-state index is 0. The van der Waals surface area contributed by atoms with Gasteiger partial charge in [-0.15, -0.1) is 12.4 Å². The Morgan fingerprint density at radius 3 is 2.89 bits per heavy atom. The van der Waals surface area contributed by atoms with E-state index in [1.165, 1.54) is 6.20 Å². The number of carbonyl (C=O) groups excluding carboxylic acids is 2. The third-order valence-electron chi connectivity index (χ3n) is 5.01. The van der Waals surface area contributed by atoms with Crippen molar-refractivity contribution in [1.29, 1.82) is 0 Å². The van der Waals surface area contributed by atoms with Crippen LogP contribution in [0.4, 0.5) is 10.6 Å². The number of carbonyl (C=O) groups is 2. The van der Waals surface area contributed by atoms with Crippen molar-refractivity contribution >= 4 is 41.8 Å². The highest BCUT2D eigenvalue weighted by molar-refractivity contribution is 6.30. The Kier molecular flexibility index (Phi) is 5.79. The topological polar surface area (TPSA) is 97.5 Å². The number of ether oxygens (including phenoxy) is 1. The number of anilines is 1. The molecule has 7 nitrogen and oxygen atoms in total. The largest absolute Gasteiger partial charge is 0.436 e. The first kappa shape index (κ1) is 20.4. The summed E-state index contributed by atoms with van der Waals surface area (Å²) in [5.74, 6) is 0.250. The number of pyridine rings is 1. The number of hydrogen-bond donors (Lipinski definition) is 2. The van der Waals surface area contributed by atoms with Crippen LogP contribution in [0.25, 0.3) is 0 Å². The van der Waals surface area contributed by atoms with Gasteiger partial charge in [-0.2, -0.15) is 0 Å². The van der Waals surface area contributed by atoms with Crippen molar-refractivity contribution in [1.82, 2.24) is 9.88 Å². The first-order chi connectivity index (χ1) is 13.0. The second-order valence-electron chi connectivity index (χ2n) is 6.86. The van der Waals surface area contributed by atoms with E-state index < -0.39 is 17.7 Å². The Bertz CT molecular complexity index is 896. The van der Waals surface area contributed by atoms with Crippen LogP contribution in [0.2, 0.25) is 5.02 Å². The number of nitrogens with two attached hydrogens (primary N) is 1. The molecule has 4 rings (SSSR count). The summed E-state index contributed by atoms with van der Waals surface area (Å²) in [7, 11) is 0. The molecule has 28 heavy (non-hydrogen) atoms. The molecule has 1 spiro atoms. The van der Waals surface area contributed by atoms with Gasteiger partial charge in [0.25, 0.3) is 0 Å². The van der Waals surface area contributed by atoms with E-state index >= 15 is 0 Å². The van der Waals surface area contributed by atoms with Crippen LogP contribution in [0.3, 0.4) is 0 Å². The molecule has 148 valence electrons. The maximum absolute atomic E-state index is 12.8. The van der Waals surface area contributed by atoms with Gasteiger partial charge < -0.3 is 15.4 Å². The maximum atomic E-state index is 12.8. The number of nitrogens with one attached hydrogen (secondary N) is 1. The second-order valence-corrected chi connectivity index (χ2v) is 7.30. The number of halogens is 2. The average Bonchev–Trinajstić information content (AvgIpc) is 3.07. The molecule has 3 N–H and O–H groups in total. The van der Waals surface area contributed by atoms with E-state index in [1.54, 1.807) is 11.0 Å². The van der Waals surface area contributed by atoms with Gasteiger partial charge in [0, 0.05) is 24.7 Å². The van der Waals surface area contributed by atoms with Gasteiger partial charge in [0.05, 0.1) is 17.6 Å². The number of rotatable bonds is 3. The summed E-state index contributed by atoms with van der Waals surface area (Å²) in [6.45, 7) is 0.678. The highest BCUT2D eigenvalue weighted by Gasteiger charge is 2.49. The first-order valence-corrected chi connectivity index (χ1v) is 9.09. The minimum Gasteiger partial charge on any atom is -0.436 e. The normalized spacial score (nSPS) is 21.4. The van der Waals surface area contributed by atoms with Crippen molar-refractivity contribution in [3.8, 4) is 0 Å². The van der Waals surface area contributed by atoms with Crippen LogP contribution in [-0.4, -0.2) is 41.0 Å². The summed E-state index contributed by atoms with van der Waals surface area (Å²) >= 11 is 6.08. The molecule has 3 heterocycles. The number of benzene rings is 1. The van der Waals surface area contributed by atoms with Gasteiger partial charge >= 0.3 is 6.09 Å². The maximum Gasteiger partial charge on any atom is 0.413 e. The number of likely N-dealkylation sites (tertiary alicyclic amines) is 1. The van der Waals surface area contributed by atoms with Gasteiger partial charge in [0.1, 0.15) is 5.82 Å². The third-order valence-corrected chi connectivity index (χ3v) is 5.22. The number of nitrogens with zero attached hydrogens (tertiary/aromatic N) is 2. The zero-order valence-corrected chi connectivity index (χ0v) is 16.5. The SMILES string of the molecule is Cl.N[C@@H](Cc1ccccc1)C(=O)N1CCC2(C1)OC(=O)Nc1ncc(Cl)cc12. The van der Waals surface area contributed by atoms with Crippen LogP contribution in [0.5, 0.6) is 0 Å². The van der Waals surface area contributed by atoms with E-state index in [-0.39, 0.29) is 24.9 Å². The lowest BCUT2D eigenvalue weighted by Gasteiger charge is -2.34. The van der Waals surface area contributed by atoms with Crippen molar-refractivity contribution in [3.63, 3.8) is 0 Å². The Morgan fingerprint density at radius 1 is 1.39 bits per heavy atom. The molecule has 0 bridgehead atoms. The summed E-state index contributed by atoms with van der Waals surface area (Å²) in [5.41, 5.74) is 6.89. The predicted molar refractivity (Wildman–Crippen MR) is 108 cm³/mol. The fraction of sp³-hybridized carbons (Fsp3) is 0.316. The molecule has 0 aliphatic carbocycles. The Labute approximate surface area is 173 Å². The molecule has 1 fully saturated rings. The number of fused-ring (bicyclic) bond motifs is 2. The molecule has 0 saturated carbocycles. The monoisotopic (exact) mass is 422 g/mol. The zero-order valence-electron chi connectivity index (χ0n) is 14.9. The van der Waals surface area contributed by atoms with E-state index in [0.717, 1.165) is 5.56 Å². The van der Waals surface area contributed by atoms with Crippen LogP contribution in [0, 0.1) is 0 Å². The molecule has 1 aromatic heterocycles. The summed E-state index contributed by atoms with van der Waals surface area (Å²) in [6, 6.07) is 10.7. The summed E-state index contributed by atoms with van der Waals surface area (Å²) in [6.07, 6.45) is 1.81. The lowest BCUT2D eigenvalue weighted by molar-refractivity contribution is -0.132. The van der Waals surface area contributed by atoms with Crippen molar-refractivity contribution < 1.29 is 14.3 Å². The standard InChI is InChI=1S/C19H19ClN4O3.ClH/c20-13-9-14-16(22-10-13)23-18(26)27-19(14)6-7-24(11-19)17(25)15(21)8-12-4-2-1-3-5-12;/h1-5,9-10,15H,6-8,11,21H2,(H,22,23,26);1H/t15-,19?;/m0./s1. The van der Waals surface area contributed by atoms with Crippen molar-refractivity contribution in [2.75, 3.05) is 18.4 Å². The lowest BCUT2D eigenvalue weighted by atomic mass is 9.92. The predicted octanol–water partition coefficient (Wildman–Crippen LogP) is 2.72. The zero-order chi connectivity index (χ0) is 19.0. The van der Waals surface area contributed by atoms with E-state index in [4.69, 9.17) is 22.1 Å². The molecule has 2 aromatic rings. The minimum atomic E-state index is -0.947. The van der Waals surface area contributed by atoms with Crippen LogP contribution in [0.15, 0.2) is 42.6 Å². The van der Waals surface area contributed by atoms with E-state index in [9.17, 15) is 9.59 Å². The summed E-state index contributed by atoms with van der Waals surface area (Å²) < 4.78 is 5.61. The molecule has 0 radical (unpaired) electrons. The Balaban J connectivity index is 0.00000225. The molecule has 9 heteroatoms. The Hall–Kier alpha value is -2.35. The van der Waals surface area contributed by atoms with Crippen LogP contribution in [-0.2, 0) is 21.6 Å². The average molecular weight is 423 g/mol. The highest BCUT2D eigenvalue weighted by atomic mass is 35.5. The van der Waals surface area contributed by atoms with E-state index in [2.05, 4.69) is 10.3 Å². The van der Waals surface area contributed by atoms with Crippen molar-refractivity contribution in [2.45, 2.75) is 24.5 Å². The summed E-state index contributed by atoms with van der Waals surface area (Å²) in [5, 5.41) is 3.02. The molecule has 2 amide bonds. The lowest BCUT2D eigenvalue weighted by Crippen LogP contribution is -2.47. The molecule has 2 atom stereocenters. The molecule has 2 aliphatic heterocycles. The molecular formula is C19H20Cl2N4O3. The van der Waals surface area contributed by atoms with Crippen LogP contribution >= 0.6 is 24.0 Å². The molecular weight excluding hydrogens is 403 g/mol. The van der Waals surface area contributed by atoms with Gasteiger partial charge in [-0.25, -0.2) is 9.78 Å². The highest BCUT2D eigenvalue weighted by Crippen LogP contribution is 2.42. The summed E-state index contributed by atoms with van der Waals surface area (Å²) in [4.78, 5) is 30.7. The number of amides is 2.